The summed E-state index contributed by atoms with van der Waals surface area (Å²) < 4.78 is 0. The van der Waals surface area contributed by atoms with Gasteiger partial charge in [-0.25, -0.2) is 0 Å². The number of carbonyl (C=O) groups is 2. The lowest BCUT2D eigenvalue weighted by atomic mass is 9.48. The molecular formula is C24H32N2O2. The van der Waals surface area contributed by atoms with Gasteiger partial charge < -0.3 is 10.2 Å². The number of nitrogens with zero attached hydrogens (tertiary/aromatic N) is 1. The van der Waals surface area contributed by atoms with Crippen molar-refractivity contribution in [2.24, 2.45) is 29.1 Å². The number of hydrogen-bond acceptors (Lipinski definition) is 2. The fourth-order valence-electron chi connectivity index (χ4n) is 7.10. The molecule has 5 fully saturated rings. The van der Waals surface area contributed by atoms with E-state index in [1.165, 1.54) is 38.5 Å². The Hall–Kier alpha value is -1.84. The molecule has 0 radical (unpaired) electrons. The summed E-state index contributed by atoms with van der Waals surface area (Å²) in [7, 11) is 0. The molecule has 1 N–H and O–H groups in total. The third-order valence-electron chi connectivity index (χ3n) is 8.16. The average Bonchev–Trinajstić information content (AvgIpc) is 3.02. The molecule has 1 aromatic rings. The zero-order valence-corrected chi connectivity index (χ0v) is 16.9. The molecule has 0 spiro atoms. The third kappa shape index (κ3) is 3.25. The van der Waals surface area contributed by atoms with Crippen LogP contribution in [0.3, 0.4) is 0 Å². The van der Waals surface area contributed by atoms with E-state index in [0.717, 1.165) is 23.3 Å². The summed E-state index contributed by atoms with van der Waals surface area (Å²) in [5.41, 5.74) is 1.44. The summed E-state index contributed by atoms with van der Waals surface area (Å²) >= 11 is 0. The Bertz CT molecular complexity index is 724. The predicted octanol–water partition coefficient (Wildman–Crippen LogP) is 3.76. The molecule has 150 valence electrons. The summed E-state index contributed by atoms with van der Waals surface area (Å²) in [5.74, 6) is 2.66. The van der Waals surface area contributed by atoms with Crippen molar-refractivity contribution in [3.8, 4) is 0 Å². The van der Waals surface area contributed by atoms with Gasteiger partial charge in [-0.3, -0.25) is 9.59 Å². The molecule has 6 rings (SSSR count). The van der Waals surface area contributed by atoms with Crippen LogP contribution in [0, 0.1) is 29.1 Å². The third-order valence-corrected chi connectivity index (χ3v) is 8.16. The zero-order valence-electron chi connectivity index (χ0n) is 16.9. The van der Waals surface area contributed by atoms with E-state index in [-0.39, 0.29) is 23.8 Å². The SMILES string of the molecule is C[C@@H](NC(=O)[C@@H]1CC(=O)N(Cc2ccccc2)C1)C12CC3CC(CC(C3)C1)C2. The summed E-state index contributed by atoms with van der Waals surface area (Å²) in [6.07, 6.45) is 8.51. The normalized spacial score (nSPS) is 37.3. The van der Waals surface area contributed by atoms with Crippen LogP contribution in [0.15, 0.2) is 30.3 Å². The minimum atomic E-state index is -0.201. The van der Waals surface area contributed by atoms with E-state index in [1.54, 1.807) is 0 Å². The molecule has 0 aromatic heterocycles. The number of nitrogens with one attached hydrogen (secondary N) is 1. The Labute approximate surface area is 168 Å². The Morgan fingerprint density at radius 2 is 1.71 bits per heavy atom. The highest BCUT2D eigenvalue weighted by molar-refractivity contribution is 5.89. The van der Waals surface area contributed by atoms with Crippen molar-refractivity contribution in [3.63, 3.8) is 0 Å². The molecule has 1 saturated heterocycles. The fourth-order valence-corrected chi connectivity index (χ4v) is 7.10. The van der Waals surface area contributed by atoms with Crippen LogP contribution >= 0.6 is 0 Å². The van der Waals surface area contributed by atoms with Crippen LogP contribution in [0.2, 0.25) is 0 Å². The molecule has 28 heavy (non-hydrogen) atoms. The first-order valence-electron chi connectivity index (χ1n) is 11.1. The summed E-state index contributed by atoms with van der Waals surface area (Å²) in [5, 5.41) is 3.37. The Morgan fingerprint density at radius 1 is 1.11 bits per heavy atom. The minimum absolute atomic E-state index is 0.0900. The van der Waals surface area contributed by atoms with Gasteiger partial charge in [-0.05, 0) is 74.2 Å². The maximum atomic E-state index is 13.0. The van der Waals surface area contributed by atoms with Crippen LogP contribution in [0.5, 0.6) is 0 Å². The number of carbonyl (C=O) groups excluding carboxylic acids is 2. The second kappa shape index (κ2) is 6.89. The Kier molecular flexibility index (Phi) is 4.48. The highest BCUT2D eigenvalue weighted by atomic mass is 16.2. The van der Waals surface area contributed by atoms with Gasteiger partial charge in [-0.1, -0.05) is 30.3 Å². The molecule has 5 aliphatic rings. The van der Waals surface area contributed by atoms with Crippen molar-refractivity contribution < 1.29 is 9.59 Å². The molecule has 4 bridgehead atoms. The van der Waals surface area contributed by atoms with E-state index in [9.17, 15) is 9.59 Å². The first-order valence-corrected chi connectivity index (χ1v) is 11.1. The molecule has 2 atom stereocenters. The summed E-state index contributed by atoms with van der Waals surface area (Å²) in [6.45, 7) is 3.38. The quantitative estimate of drug-likeness (QED) is 0.846. The maximum Gasteiger partial charge on any atom is 0.225 e. The lowest BCUT2D eigenvalue weighted by Crippen LogP contribution is -2.56. The van der Waals surface area contributed by atoms with Gasteiger partial charge in [-0.2, -0.15) is 0 Å². The highest BCUT2D eigenvalue weighted by Gasteiger charge is 2.53. The van der Waals surface area contributed by atoms with Crippen molar-refractivity contribution in [2.45, 2.75) is 64.5 Å². The molecule has 4 heteroatoms. The van der Waals surface area contributed by atoms with Gasteiger partial charge in [0, 0.05) is 25.6 Å². The Balaban J connectivity index is 1.21. The number of amides is 2. The van der Waals surface area contributed by atoms with E-state index in [0.29, 0.717) is 24.9 Å². The van der Waals surface area contributed by atoms with Gasteiger partial charge in [0.05, 0.1) is 5.92 Å². The van der Waals surface area contributed by atoms with Crippen molar-refractivity contribution in [1.82, 2.24) is 10.2 Å². The number of hydrogen-bond donors (Lipinski definition) is 1. The van der Waals surface area contributed by atoms with E-state index in [1.807, 2.05) is 35.2 Å². The largest absolute Gasteiger partial charge is 0.353 e. The molecule has 0 unspecified atom stereocenters. The van der Waals surface area contributed by atoms with Crippen LogP contribution in [0.4, 0.5) is 0 Å². The fraction of sp³-hybridized carbons (Fsp3) is 0.667. The van der Waals surface area contributed by atoms with Crippen LogP contribution < -0.4 is 5.32 Å². The zero-order chi connectivity index (χ0) is 19.3. The molecule has 2 amide bonds. The average molecular weight is 381 g/mol. The molecule has 1 aromatic carbocycles. The standard InChI is InChI=1S/C24H32N2O2/c1-16(24-11-18-7-19(12-24)9-20(8-18)13-24)25-23(28)21-10-22(27)26(15-21)14-17-5-3-2-4-6-17/h2-6,16,18-21H,7-15H2,1H3,(H,25,28)/t16-,18?,19?,20?,21-,24?/m1/s1. The van der Waals surface area contributed by atoms with Crippen LogP contribution in [-0.4, -0.2) is 29.3 Å². The van der Waals surface area contributed by atoms with E-state index < -0.39 is 0 Å². The van der Waals surface area contributed by atoms with E-state index >= 15 is 0 Å². The van der Waals surface area contributed by atoms with Gasteiger partial charge in [0.1, 0.15) is 0 Å². The van der Waals surface area contributed by atoms with Gasteiger partial charge in [0.25, 0.3) is 0 Å². The topological polar surface area (TPSA) is 49.4 Å². The van der Waals surface area contributed by atoms with Crippen LogP contribution in [-0.2, 0) is 16.1 Å². The predicted molar refractivity (Wildman–Crippen MR) is 108 cm³/mol. The monoisotopic (exact) mass is 380 g/mol. The van der Waals surface area contributed by atoms with Gasteiger partial charge in [-0.15, -0.1) is 0 Å². The number of rotatable bonds is 5. The smallest absolute Gasteiger partial charge is 0.225 e. The van der Waals surface area contributed by atoms with Crippen molar-refractivity contribution in [3.05, 3.63) is 35.9 Å². The maximum absolute atomic E-state index is 13.0. The lowest BCUT2D eigenvalue weighted by Gasteiger charge is -2.59. The second-order valence-electron chi connectivity index (χ2n) is 10.2. The van der Waals surface area contributed by atoms with Gasteiger partial charge in [0.15, 0.2) is 0 Å². The van der Waals surface area contributed by atoms with Crippen molar-refractivity contribution in [2.75, 3.05) is 6.54 Å². The lowest BCUT2D eigenvalue weighted by molar-refractivity contribution is -0.131. The van der Waals surface area contributed by atoms with Crippen LogP contribution in [0.25, 0.3) is 0 Å². The van der Waals surface area contributed by atoms with E-state index in [4.69, 9.17) is 0 Å². The minimum Gasteiger partial charge on any atom is -0.353 e. The molecule has 1 heterocycles. The molecule has 4 nitrogen and oxygen atoms in total. The second-order valence-corrected chi connectivity index (χ2v) is 10.2. The number of likely N-dealkylation sites (tertiary alicyclic amines) is 1. The van der Waals surface area contributed by atoms with Gasteiger partial charge in [0.2, 0.25) is 11.8 Å². The van der Waals surface area contributed by atoms with Gasteiger partial charge >= 0.3 is 0 Å². The molecular weight excluding hydrogens is 348 g/mol. The Morgan fingerprint density at radius 3 is 2.32 bits per heavy atom. The highest BCUT2D eigenvalue weighted by Crippen LogP contribution is 2.61. The molecule has 1 aliphatic heterocycles. The van der Waals surface area contributed by atoms with Crippen LogP contribution in [0.1, 0.15) is 57.4 Å². The van der Waals surface area contributed by atoms with E-state index in [2.05, 4.69) is 12.2 Å². The molecule has 4 aliphatic carbocycles. The first-order chi connectivity index (χ1) is 13.5. The number of benzene rings is 1. The molecule has 4 saturated carbocycles. The summed E-state index contributed by atoms with van der Waals surface area (Å²) in [6, 6.07) is 10.3. The van der Waals surface area contributed by atoms with Crippen molar-refractivity contribution >= 4 is 11.8 Å². The first kappa shape index (κ1) is 18.2. The van der Waals surface area contributed by atoms with Crippen molar-refractivity contribution in [1.29, 1.82) is 0 Å². The summed E-state index contributed by atoms with van der Waals surface area (Å²) in [4.78, 5) is 27.3.